The molecule has 0 bridgehead atoms. The first-order valence-electron chi connectivity index (χ1n) is 8.70. The average Bonchev–Trinajstić information content (AvgIpc) is 3.17. The van der Waals surface area contributed by atoms with Crippen LogP contribution in [0.25, 0.3) is 11.1 Å². The number of rotatable bonds is 8. The molecular weight excluding hydrogens is 435 g/mol. The predicted molar refractivity (Wildman–Crippen MR) is 111 cm³/mol. The fraction of sp³-hybridized carbons (Fsp3) is 0.263. The maximum atomic E-state index is 14.9. The number of nitrogens with zero attached hydrogens (tertiary/aromatic N) is 3. The summed E-state index contributed by atoms with van der Waals surface area (Å²) in [6.07, 6.45) is 1.36. The zero-order valence-corrected chi connectivity index (χ0v) is 17.9. The van der Waals surface area contributed by atoms with E-state index in [1.54, 1.807) is 20.1 Å². The molecule has 11 heteroatoms. The number of anilines is 1. The van der Waals surface area contributed by atoms with E-state index in [0.29, 0.717) is 18.9 Å². The highest BCUT2D eigenvalue weighted by Crippen LogP contribution is 2.38. The van der Waals surface area contributed by atoms with Crippen molar-refractivity contribution >= 4 is 34.0 Å². The first-order chi connectivity index (χ1) is 14.4. The molecule has 0 saturated carbocycles. The van der Waals surface area contributed by atoms with Crippen molar-refractivity contribution < 1.29 is 23.4 Å². The van der Waals surface area contributed by atoms with Crippen molar-refractivity contribution in [3.05, 3.63) is 46.5 Å². The zero-order chi connectivity index (χ0) is 21.7. The number of methoxy groups -OCH3 is 2. The van der Waals surface area contributed by atoms with E-state index in [9.17, 15) is 9.18 Å². The second-order valence-electron chi connectivity index (χ2n) is 5.98. The Kier molecular flexibility index (Phi) is 7.14. The van der Waals surface area contributed by atoms with Crippen LogP contribution in [0.5, 0.6) is 10.9 Å². The molecule has 0 aliphatic rings. The standard InChI is InChI=1S/C19H18ClFN4O4S/c1-10-8-11(15-14(28-3)5-4-13(20)16(15)21)12(9-22-10)17(26)23-18-24-25-19(30-18)29-7-6-27-2/h4-5,8-9H,6-7H2,1-3H3,(H,23,24,26). The lowest BCUT2D eigenvalue weighted by Crippen LogP contribution is -2.14. The quantitative estimate of drug-likeness (QED) is 0.516. The smallest absolute Gasteiger partial charge is 0.295 e. The third-order valence-corrected chi connectivity index (χ3v) is 5.01. The summed E-state index contributed by atoms with van der Waals surface area (Å²) in [6.45, 7) is 2.43. The number of carbonyl (C=O) groups is 1. The number of hydrogen-bond acceptors (Lipinski definition) is 8. The van der Waals surface area contributed by atoms with Gasteiger partial charge in [0.25, 0.3) is 11.1 Å². The van der Waals surface area contributed by atoms with E-state index in [1.165, 1.54) is 25.4 Å². The first kappa shape index (κ1) is 21.9. The van der Waals surface area contributed by atoms with Crippen LogP contribution in [0.1, 0.15) is 16.1 Å². The molecule has 2 aromatic heterocycles. The molecule has 1 aromatic carbocycles. The average molecular weight is 453 g/mol. The second kappa shape index (κ2) is 9.79. The van der Waals surface area contributed by atoms with E-state index in [2.05, 4.69) is 20.5 Å². The van der Waals surface area contributed by atoms with Crippen LogP contribution in [-0.4, -0.2) is 48.5 Å². The van der Waals surface area contributed by atoms with Crippen LogP contribution in [0, 0.1) is 12.7 Å². The van der Waals surface area contributed by atoms with Crippen molar-refractivity contribution in [3.8, 4) is 22.1 Å². The van der Waals surface area contributed by atoms with E-state index < -0.39 is 11.7 Å². The maximum Gasteiger partial charge on any atom is 0.295 e. The van der Waals surface area contributed by atoms with Crippen LogP contribution < -0.4 is 14.8 Å². The highest BCUT2D eigenvalue weighted by Gasteiger charge is 2.23. The van der Waals surface area contributed by atoms with Crippen LogP contribution in [0.3, 0.4) is 0 Å². The number of carbonyl (C=O) groups excluding carboxylic acids is 1. The third kappa shape index (κ3) is 4.84. The van der Waals surface area contributed by atoms with Gasteiger partial charge in [0, 0.05) is 24.6 Å². The van der Waals surface area contributed by atoms with Crippen molar-refractivity contribution in [1.29, 1.82) is 0 Å². The van der Waals surface area contributed by atoms with Crippen LogP contribution in [0.15, 0.2) is 24.4 Å². The lowest BCUT2D eigenvalue weighted by atomic mass is 9.98. The summed E-state index contributed by atoms with van der Waals surface area (Å²) in [5.41, 5.74) is 1.07. The molecule has 0 unspecified atom stereocenters. The van der Waals surface area contributed by atoms with Gasteiger partial charge in [0.05, 0.1) is 29.9 Å². The molecule has 0 spiro atoms. The number of amides is 1. The van der Waals surface area contributed by atoms with E-state index >= 15 is 0 Å². The van der Waals surface area contributed by atoms with Gasteiger partial charge in [0.15, 0.2) is 5.82 Å². The number of hydrogen-bond donors (Lipinski definition) is 1. The Morgan fingerprint density at radius 1 is 1.27 bits per heavy atom. The highest BCUT2D eigenvalue weighted by molar-refractivity contribution is 7.17. The number of aryl methyl sites for hydroxylation is 1. The lowest BCUT2D eigenvalue weighted by Gasteiger charge is -2.14. The van der Waals surface area contributed by atoms with Gasteiger partial charge in [-0.15, -0.1) is 5.10 Å². The second-order valence-corrected chi connectivity index (χ2v) is 7.33. The highest BCUT2D eigenvalue weighted by atomic mass is 35.5. The van der Waals surface area contributed by atoms with Crippen LogP contribution in [0.2, 0.25) is 5.02 Å². The molecule has 158 valence electrons. The monoisotopic (exact) mass is 452 g/mol. The van der Waals surface area contributed by atoms with Crippen molar-refractivity contribution in [3.63, 3.8) is 0 Å². The molecular formula is C19H18ClFN4O4S. The number of halogens is 2. The number of pyridine rings is 1. The molecule has 1 N–H and O–H groups in total. The van der Waals surface area contributed by atoms with Crippen LogP contribution in [0.4, 0.5) is 9.52 Å². The summed E-state index contributed by atoms with van der Waals surface area (Å²) in [5, 5.41) is 10.8. The number of nitrogens with one attached hydrogen (secondary N) is 1. The molecule has 0 radical (unpaired) electrons. The van der Waals surface area contributed by atoms with Gasteiger partial charge >= 0.3 is 0 Å². The Morgan fingerprint density at radius 2 is 2.07 bits per heavy atom. The number of benzene rings is 1. The SMILES string of the molecule is COCCOc1nnc(NC(=O)c2cnc(C)cc2-c2c(OC)ccc(Cl)c2F)s1. The van der Waals surface area contributed by atoms with Gasteiger partial charge in [0.1, 0.15) is 12.4 Å². The predicted octanol–water partition coefficient (Wildman–Crippen LogP) is 3.99. The first-order valence-corrected chi connectivity index (χ1v) is 9.89. The molecule has 1 amide bonds. The largest absolute Gasteiger partial charge is 0.496 e. The lowest BCUT2D eigenvalue weighted by molar-refractivity contribution is 0.102. The van der Waals surface area contributed by atoms with Gasteiger partial charge in [-0.05, 0) is 36.5 Å². The number of ether oxygens (including phenoxy) is 3. The minimum Gasteiger partial charge on any atom is -0.496 e. The van der Waals surface area contributed by atoms with Crippen molar-refractivity contribution in [2.75, 3.05) is 32.8 Å². The van der Waals surface area contributed by atoms with Crippen LogP contribution in [-0.2, 0) is 4.74 Å². The van der Waals surface area contributed by atoms with E-state index in [1.807, 2.05) is 0 Å². The van der Waals surface area contributed by atoms with Gasteiger partial charge < -0.3 is 14.2 Å². The molecule has 0 aliphatic carbocycles. The molecule has 8 nitrogen and oxygen atoms in total. The van der Waals surface area contributed by atoms with Crippen molar-refractivity contribution in [1.82, 2.24) is 15.2 Å². The van der Waals surface area contributed by atoms with Crippen molar-refractivity contribution in [2.24, 2.45) is 0 Å². The molecule has 3 rings (SSSR count). The fourth-order valence-electron chi connectivity index (χ4n) is 2.60. The van der Waals surface area contributed by atoms with E-state index in [0.717, 1.165) is 11.3 Å². The van der Waals surface area contributed by atoms with Gasteiger partial charge in [-0.1, -0.05) is 16.7 Å². The molecule has 0 fully saturated rings. The van der Waals surface area contributed by atoms with Gasteiger partial charge in [-0.2, -0.15) is 0 Å². The zero-order valence-electron chi connectivity index (χ0n) is 16.4. The Bertz CT molecular complexity index is 1060. The molecule has 3 aromatic rings. The van der Waals surface area contributed by atoms with E-state index in [4.69, 9.17) is 25.8 Å². The van der Waals surface area contributed by atoms with Crippen molar-refractivity contribution in [2.45, 2.75) is 6.92 Å². The fourth-order valence-corrected chi connectivity index (χ4v) is 3.37. The summed E-state index contributed by atoms with van der Waals surface area (Å²) in [7, 11) is 2.96. The van der Waals surface area contributed by atoms with Gasteiger partial charge in [-0.25, -0.2) is 4.39 Å². The summed E-state index contributed by atoms with van der Waals surface area (Å²) < 4.78 is 30.4. The molecule has 0 atom stereocenters. The van der Waals surface area contributed by atoms with E-state index in [-0.39, 0.29) is 37.8 Å². The van der Waals surface area contributed by atoms with Gasteiger partial charge in [-0.3, -0.25) is 15.1 Å². The molecule has 0 aliphatic heterocycles. The normalized spacial score (nSPS) is 10.7. The molecule has 0 saturated heterocycles. The maximum absolute atomic E-state index is 14.9. The minimum absolute atomic E-state index is 0.0708. The Morgan fingerprint density at radius 3 is 2.80 bits per heavy atom. The molecule has 30 heavy (non-hydrogen) atoms. The van der Waals surface area contributed by atoms with Gasteiger partial charge in [0.2, 0.25) is 5.13 Å². The summed E-state index contributed by atoms with van der Waals surface area (Å²) >= 11 is 7.02. The summed E-state index contributed by atoms with van der Waals surface area (Å²) in [5.74, 6) is -1.000. The molecule has 2 heterocycles. The number of aromatic nitrogens is 3. The minimum atomic E-state index is -0.694. The Labute approximate surface area is 181 Å². The Hall–Kier alpha value is -2.82. The summed E-state index contributed by atoms with van der Waals surface area (Å²) in [4.78, 5) is 17.1. The topological polar surface area (TPSA) is 95.5 Å². The third-order valence-electron chi connectivity index (χ3n) is 3.97. The Balaban J connectivity index is 1.93. The summed E-state index contributed by atoms with van der Waals surface area (Å²) in [6, 6.07) is 4.51. The van der Waals surface area contributed by atoms with Crippen LogP contribution >= 0.6 is 22.9 Å².